The Bertz CT molecular complexity index is 1530. The minimum Gasteiger partial charge on any atom is -0.322 e. The van der Waals surface area contributed by atoms with Gasteiger partial charge in [-0.3, -0.25) is 19.1 Å². The number of hydrogen-bond donors (Lipinski definition) is 2. The van der Waals surface area contributed by atoms with Crippen LogP contribution >= 0.6 is 35.0 Å². The molecule has 37 heavy (non-hydrogen) atoms. The first-order chi connectivity index (χ1) is 17.7. The fourth-order valence-electron chi connectivity index (χ4n) is 3.71. The molecule has 1 aromatic heterocycles. The van der Waals surface area contributed by atoms with E-state index >= 15 is 0 Å². The van der Waals surface area contributed by atoms with Gasteiger partial charge in [0.2, 0.25) is 5.91 Å². The Kier molecular flexibility index (Phi) is 8.12. The van der Waals surface area contributed by atoms with Crippen LogP contribution in [0.15, 0.2) is 82.5 Å². The van der Waals surface area contributed by atoms with Crippen LogP contribution in [0.3, 0.4) is 0 Å². The van der Waals surface area contributed by atoms with Crippen LogP contribution in [0.5, 0.6) is 0 Å². The summed E-state index contributed by atoms with van der Waals surface area (Å²) in [6.45, 7) is 3.54. The standard InChI is InChI=1S/C27H24Cl2N4O3S/c1-16-24(27(36)33(32(16)3)20-9-5-4-6-10-20)31-25(34)17(2)37-21-11-7-8-19(15-21)30-26(35)22-13-12-18(28)14-23(22)29/h4-15,17H,1-3H3,(H,30,35)(H,31,34). The number of para-hydroxylation sites is 1. The zero-order valence-corrected chi connectivity index (χ0v) is 22.6. The number of nitrogens with zero attached hydrogens (tertiary/aromatic N) is 2. The fourth-order valence-corrected chi connectivity index (χ4v) is 5.13. The second-order valence-corrected chi connectivity index (χ2v) is 10.5. The molecule has 0 aliphatic carbocycles. The number of aromatic nitrogens is 2. The topological polar surface area (TPSA) is 85.1 Å². The molecule has 2 N–H and O–H groups in total. The van der Waals surface area contributed by atoms with Crippen molar-refractivity contribution in [3.8, 4) is 5.69 Å². The fraction of sp³-hybridized carbons (Fsp3) is 0.148. The molecule has 0 fully saturated rings. The maximum atomic E-state index is 13.1. The predicted octanol–water partition coefficient (Wildman–Crippen LogP) is 6.16. The highest BCUT2D eigenvalue weighted by Crippen LogP contribution is 2.28. The normalized spacial score (nSPS) is 11.7. The Morgan fingerprint density at radius 3 is 2.38 bits per heavy atom. The molecule has 2 amide bonds. The van der Waals surface area contributed by atoms with Crippen molar-refractivity contribution in [3.63, 3.8) is 0 Å². The molecule has 4 aromatic rings. The summed E-state index contributed by atoms with van der Waals surface area (Å²) >= 11 is 13.4. The molecule has 7 nitrogen and oxygen atoms in total. The van der Waals surface area contributed by atoms with E-state index < -0.39 is 5.25 Å². The van der Waals surface area contributed by atoms with Gasteiger partial charge in [-0.2, -0.15) is 0 Å². The summed E-state index contributed by atoms with van der Waals surface area (Å²) in [6.07, 6.45) is 0. The number of carbonyl (C=O) groups is 2. The maximum absolute atomic E-state index is 13.1. The second kappa shape index (κ2) is 11.3. The molecule has 0 radical (unpaired) electrons. The van der Waals surface area contributed by atoms with Crippen molar-refractivity contribution in [2.75, 3.05) is 10.6 Å². The van der Waals surface area contributed by atoms with Crippen LogP contribution in [0.25, 0.3) is 5.69 Å². The van der Waals surface area contributed by atoms with Gasteiger partial charge >= 0.3 is 0 Å². The molecule has 0 bridgehead atoms. The van der Waals surface area contributed by atoms with E-state index in [-0.39, 0.29) is 28.1 Å². The lowest BCUT2D eigenvalue weighted by atomic mass is 10.2. The number of thioether (sulfide) groups is 1. The van der Waals surface area contributed by atoms with Crippen molar-refractivity contribution in [3.05, 3.63) is 104 Å². The summed E-state index contributed by atoms with van der Waals surface area (Å²) in [7, 11) is 1.77. The van der Waals surface area contributed by atoms with Gasteiger partial charge in [0.05, 0.1) is 27.2 Å². The number of hydrogen-bond acceptors (Lipinski definition) is 4. The highest BCUT2D eigenvalue weighted by Gasteiger charge is 2.22. The summed E-state index contributed by atoms with van der Waals surface area (Å²) < 4.78 is 3.23. The molecule has 10 heteroatoms. The predicted molar refractivity (Wildman–Crippen MR) is 151 cm³/mol. The van der Waals surface area contributed by atoms with Crippen LogP contribution in [0.2, 0.25) is 10.0 Å². The van der Waals surface area contributed by atoms with E-state index in [0.717, 1.165) is 4.90 Å². The molecule has 0 saturated carbocycles. The summed E-state index contributed by atoms with van der Waals surface area (Å²) in [5.74, 6) is -0.678. The lowest BCUT2D eigenvalue weighted by Crippen LogP contribution is -2.27. The Balaban J connectivity index is 1.46. The number of nitrogens with one attached hydrogen (secondary N) is 2. The largest absolute Gasteiger partial charge is 0.322 e. The van der Waals surface area contributed by atoms with Crippen molar-refractivity contribution in [2.24, 2.45) is 7.05 Å². The molecule has 0 spiro atoms. The third-order valence-corrected chi connectivity index (χ3v) is 7.39. The summed E-state index contributed by atoms with van der Waals surface area (Å²) in [5, 5.41) is 5.79. The van der Waals surface area contributed by atoms with Crippen molar-refractivity contribution in [1.82, 2.24) is 9.36 Å². The monoisotopic (exact) mass is 554 g/mol. The van der Waals surface area contributed by atoms with Gasteiger partial charge in [0, 0.05) is 22.7 Å². The molecule has 0 saturated heterocycles. The van der Waals surface area contributed by atoms with Crippen molar-refractivity contribution < 1.29 is 9.59 Å². The average Bonchev–Trinajstić information content (AvgIpc) is 3.07. The molecule has 0 aliphatic heterocycles. The molecule has 3 aromatic carbocycles. The van der Waals surface area contributed by atoms with Crippen molar-refractivity contribution in [1.29, 1.82) is 0 Å². The lowest BCUT2D eigenvalue weighted by molar-refractivity contribution is -0.115. The van der Waals surface area contributed by atoms with Gasteiger partial charge in [-0.25, -0.2) is 4.68 Å². The number of amides is 2. The summed E-state index contributed by atoms with van der Waals surface area (Å²) in [5.41, 5.74) is 2.14. The second-order valence-electron chi connectivity index (χ2n) is 8.29. The van der Waals surface area contributed by atoms with Crippen LogP contribution in [0.1, 0.15) is 23.0 Å². The first-order valence-corrected chi connectivity index (χ1v) is 13.0. The molecular formula is C27H24Cl2N4O3S. The van der Waals surface area contributed by atoms with Crippen LogP contribution in [-0.4, -0.2) is 26.4 Å². The Labute approximate surface area is 228 Å². The maximum Gasteiger partial charge on any atom is 0.295 e. The van der Waals surface area contributed by atoms with Gasteiger partial charge in [0.25, 0.3) is 11.5 Å². The number of halogens is 2. The van der Waals surface area contributed by atoms with Gasteiger partial charge < -0.3 is 10.6 Å². The van der Waals surface area contributed by atoms with Gasteiger partial charge in [0.15, 0.2) is 0 Å². The van der Waals surface area contributed by atoms with Gasteiger partial charge in [0.1, 0.15) is 5.69 Å². The third kappa shape index (κ3) is 5.93. The Morgan fingerprint density at radius 1 is 0.946 bits per heavy atom. The molecule has 4 rings (SSSR count). The van der Waals surface area contributed by atoms with Crippen LogP contribution in [0.4, 0.5) is 11.4 Å². The van der Waals surface area contributed by atoms with Crippen LogP contribution in [-0.2, 0) is 11.8 Å². The van der Waals surface area contributed by atoms with E-state index in [1.807, 2.05) is 36.4 Å². The minimum atomic E-state index is -0.513. The molecule has 1 heterocycles. The summed E-state index contributed by atoms with van der Waals surface area (Å²) in [4.78, 5) is 39.5. The smallest absolute Gasteiger partial charge is 0.295 e. The first-order valence-electron chi connectivity index (χ1n) is 11.3. The van der Waals surface area contributed by atoms with Crippen molar-refractivity contribution in [2.45, 2.75) is 24.0 Å². The summed E-state index contributed by atoms with van der Waals surface area (Å²) in [6, 6.07) is 21.0. The van der Waals surface area contributed by atoms with E-state index in [0.29, 0.717) is 27.7 Å². The number of anilines is 2. The van der Waals surface area contributed by atoms with E-state index in [2.05, 4.69) is 10.6 Å². The van der Waals surface area contributed by atoms with E-state index in [9.17, 15) is 14.4 Å². The Hall–Kier alpha value is -3.46. The van der Waals surface area contributed by atoms with Crippen LogP contribution in [0, 0.1) is 6.92 Å². The van der Waals surface area contributed by atoms with Crippen LogP contribution < -0.4 is 16.2 Å². The molecule has 190 valence electrons. The number of rotatable bonds is 7. The molecule has 1 atom stereocenters. The average molecular weight is 555 g/mol. The minimum absolute atomic E-state index is 0.240. The third-order valence-electron chi connectivity index (χ3n) is 5.75. The van der Waals surface area contributed by atoms with E-state index in [1.54, 1.807) is 55.9 Å². The first kappa shape index (κ1) is 26.6. The quantitative estimate of drug-likeness (QED) is 0.268. The Morgan fingerprint density at radius 2 is 1.68 bits per heavy atom. The van der Waals surface area contributed by atoms with E-state index in [4.69, 9.17) is 23.2 Å². The zero-order valence-electron chi connectivity index (χ0n) is 20.3. The van der Waals surface area contributed by atoms with Crippen molar-refractivity contribution >= 4 is 58.2 Å². The van der Waals surface area contributed by atoms with Gasteiger partial charge in [-0.15, -0.1) is 11.8 Å². The van der Waals surface area contributed by atoms with Gasteiger partial charge in [-0.1, -0.05) is 47.5 Å². The number of benzene rings is 3. The van der Waals surface area contributed by atoms with Gasteiger partial charge in [-0.05, 0) is 62.4 Å². The van der Waals surface area contributed by atoms with E-state index in [1.165, 1.54) is 22.5 Å². The molecule has 0 aliphatic rings. The molecular weight excluding hydrogens is 531 g/mol. The SMILES string of the molecule is Cc1c(NC(=O)C(C)Sc2cccc(NC(=O)c3ccc(Cl)cc3Cl)c2)c(=O)n(-c2ccccc2)n1C. The highest BCUT2D eigenvalue weighted by atomic mass is 35.5. The highest BCUT2D eigenvalue weighted by molar-refractivity contribution is 8.00. The number of carbonyl (C=O) groups excluding carboxylic acids is 2. The lowest BCUT2D eigenvalue weighted by Gasteiger charge is -2.13. The molecule has 1 unspecified atom stereocenters. The zero-order chi connectivity index (χ0) is 26.7.